The fourth-order valence-corrected chi connectivity index (χ4v) is 4.42. The molecular formula is C20H29N5O2. The quantitative estimate of drug-likeness (QED) is 0.769. The zero-order valence-electron chi connectivity index (χ0n) is 16.2. The third-order valence-electron chi connectivity index (χ3n) is 6.18. The molecule has 4 rings (SSSR count). The number of nitrogens with one attached hydrogen (secondary N) is 2. The van der Waals surface area contributed by atoms with Crippen molar-refractivity contribution in [2.24, 2.45) is 11.3 Å². The SMILES string of the molecule is CC1(C)CCc2c(C(=O)Nc3cnn([C@H]4CC[C@H](CO)CC4)c3)n[nH]c2C1. The fraction of sp³-hybridized carbons (Fsp3) is 0.650. The van der Waals surface area contributed by atoms with E-state index in [1.807, 2.05) is 10.9 Å². The Labute approximate surface area is 159 Å². The van der Waals surface area contributed by atoms with E-state index in [4.69, 9.17) is 0 Å². The van der Waals surface area contributed by atoms with Crippen LogP contribution in [0.1, 0.15) is 73.7 Å². The van der Waals surface area contributed by atoms with Gasteiger partial charge in [-0.05, 0) is 56.3 Å². The molecule has 0 aromatic carbocycles. The molecule has 146 valence electrons. The number of aliphatic hydroxyl groups excluding tert-OH is 1. The number of aliphatic hydroxyl groups is 1. The maximum atomic E-state index is 12.7. The highest BCUT2D eigenvalue weighted by molar-refractivity contribution is 6.03. The average Bonchev–Trinajstić information content (AvgIpc) is 3.27. The van der Waals surface area contributed by atoms with Gasteiger partial charge in [0.05, 0.1) is 17.9 Å². The molecule has 1 fully saturated rings. The molecule has 0 aliphatic heterocycles. The Morgan fingerprint density at radius 1 is 1.37 bits per heavy atom. The first kappa shape index (κ1) is 18.2. The first-order valence-corrected chi connectivity index (χ1v) is 9.97. The van der Waals surface area contributed by atoms with Crippen molar-refractivity contribution in [3.63, 3.8) is 0 Å². The largest absolute Gasteiger partial charge is 0.396 e. The topological polar surface area (TPSA) is 95.8 Å². The minimum absolute atomic E-state index is 0.171. The number of aromatic nitrogens is 4. The number of fused-ring (bicyclic) bond motifs is 1. The third-order valence-corrected chi connectivity index (χ3v) is 6.18. The predicted molar refractivity (Wildman–Crippen MR) is 103 cm³/mol. The number of nitrogens with zero attached hydrogens (tertiary/aromatic N) is 3. The van der Waals surface area contributed by atoms with Gasteiger partial charge in [0.1, 0.15) is 0 Å². The van der Waals surface area contributed by atoms with Gasteiger partial charge in [-0.3, -0.25) is 14.6 Å². The third kappa shape index (κ3) is 3.78. The van der Waals surface area contributed by atoms with Gasteiger partial charge < -0.3 is 10.4 Å². The van der Waals surface area contributed by atoms with E-state index >= 15 is 0 Å². The Hall–Kier alpha value is -2.15. The molecule has 2 aliphatic rings. The van der Waals surface area contributed by atoms with Crippen molar-refractivity contribution in [2.75, 3.05) is 11.9 Å². The van der Waals surface area contributed by atoms with Crippen LogP contribution in [0.25, 0.3) is 0 Å². The number of carbonyl (C=O) groups excluding carboxylic acids is 1. The maximum Gasteiger partial charge on any atom is 0.276 e. The van der Waals surface area contributed by atoms with Gasteiger partial charge in [-0.1, -0.05) is 13.8 Å². The summed E-state index contributed by atoms with van der Waals surface area (Å²) in [5, 5.41) is 24.0. The van der Waals surface area contributed by atoms with E-state index in [1.54, 1.807) is 6.20 Å². The molecule has 27 heavy (non-hydrogen) atoms. The highest BCUT2D eigenvalue weighted by Gasteiger charge is 2.30. The van der Waals surface area contributed by atoms with Crippen LogP contribution in [0.15, 0.2) is 12.4 Å². The molecule has 2 aromatic heterocycles. The summed E-state index contributed by atoms with van der Waals surface area (Å²) in [7, 11) is 0. The lowest BCUT2D eigenvalue weighted by Crippen LogP contribution is -2.23. The van der Waals surface area contributed by atoms with Crippen LogP contribution in [0, 0.1) is 11.3 Å². The molecular weight excluding hydrogens is 342 g/mol. The molecule has 1 saturated carbocycles. The Balaban J connectivity index is 1.41. The van der Waals surface area contributed by atoms with E-state index in [0.29, 0.717) is 23.3 Å². The van der Waals surface area contributed by atoms with E-state index in [2.05, 4.69) is 34.5 Å². The summed E-state index contributed by atoms with van der Waals surface area (Å²) in [5.74, 6) is 0.252. The molecule has 2 heterocycles. The second-order valence-electron chi connectivity index (χ2n) is 8.89. The van der Waals surface area contributed by atoms with Crippen molar-refractivity contribution in [3.05, 3.63) is 29.3 Å². The van der Waals surface area contributed by atoms with Crippen molar-refractivity contribution in [2.45, 2.75) is 64.8 Å². The number of hydrogen-bond donors (Lipinski definition) is 3. The number of anilines is 1. The molecule has 0 atom stereocenters. The average molecular weight is 371 g/mol. The highest BCUT2D eigenvalue weighted by Crippen LogP contribution is 2.35. The minimum atomic E-state index is -0.171. The monoisotopic (exact) mass is 371 g/mol. The van der Waals surface area contributed by atoms with Crippen LogP contribution in [0.5, 0.6) is 0 Å². The van der Waals surface area contributed by atoms with Gasteiger partial charge in [-0.25, -0.2) is 0 Å². The van der Waals surface area contributed by atoms with Crippen LogP contribution in [0.2, 0.25) is 0 Å². The molecule has 0 spiro atoms. The van der Waals surface area contributed by atoms with Gasteiger partial charge in [0.15, 0.2) is 5.69 Å². The van der Waals surface area contributed by atoms with E-state index in [0.717, 1.165) is 56.2 Å². The zero-order chi connectivity index (χ0) is 19.0. The summed E-state index contributed by atoms with van der Waals surface area (Å²) in [4.78, 5) is 12.7. The van der Waals surface area contributed by atoms with Crippen molar-refractivity contribution in [3.8, 4) is 0 Å². The van der Waals surface area contributed by atoms with Crippen LogP contribution < -0.4 is 5.32 Å². The van der Waals surface area contributed by atoms with Crippen LogP contribution in [0.3, 0.4) is 0 Å². The van der Waals surface area contributed by atoms with Gasteiger partial charge in [0.25, 0.3) is 5.91 Å². The molecule has 2 aliphatic carbocycles. The molecule has 7 nitrogen and oxygen atoms in total. The first-order chi connectivity index (χ1) is 12.9. The molecule has 0 radical (unpaired) electrons. The van der Waals surface area contributed by atoms with E-state index < -0.39 is 0 Å². The summed E-state index contributed by atoms with van der Waals surface area (Å²) in [6.45, 7) is 4.77. The number of amides is 1. The molecule has 0 unspecified atom stereocenters. The molecule has 0 bridgehead atoms. The summed E-state index contributed by atoms with van der Waals surface area (Å²) in [6.07, 6.45) is 10.6. The summed E-state index contributed by atoms with van der Waals surface area (Å²) < 4.78 is 1.95. The van der Waals surface area contributed by atoms with Crippen LogP contribution in [0.4, 0.5) is 5.69 Å². The molecule has 2 aromatic rings. The highest BCUT2D eigenvalue weighted by atomic mass is 16.3. The smallest absolute Gasteiger partial charge is 0.276 e. The number of aromatic amines is 1. The number of carbonyl (C=O) groups is 1. The van der Waals surface area contributed by atoms with Gasteiger partial charge in [-0.2, -0.15) is 10.2 Å². The normalized spacial score (nSPS) is 24.4. The number of H-pyrrole nitrogens is 1. The molecule has 0 saturated heterocycles. The first-order valence-electron chi connectivity index (χ1n) is 9.97. The predicted octanol–water partition coefficient (Wildman–Crippen LogP) is 3.10. The number of rotatable bonds is 4. The van der Waals surface area contributed by atoms with Gasteiger partial charge in [0.2, 0.25) is 0 Å². The Bertz CT molecular complexity index is 814. The maximum absolute atomic E-state index is 12.7. The van der Waals surface area contributed by atoms with Crippen molar-refractivity contribution in [1.82, 2.24) is 20.0 Å². The van der Waals surface area contributed by atoms with Crippen molar-refractivity contribution >= 4 is 11.6 Å². The summed E-state index contributed by atoms with van der Waals surface area (Å²) in [6, 6.07) is 0.346. The summed E-state index contributed by atoms with van der Waals surface area (Å²) in [5.41, 5.74) is 3.62. The van der Waals surface area contributed by atoms with E-state index in [1.165, 1.54) is 0 Å². The van der Waals surface area contributed by atoms with Crippen LogP contribution in [-0.2, 0) is 12.8 Å². The minimum Gasteiger partial charge on any atom is -0.396 e. The van der Waals surface area contributed by atoms with Crippen LogP contribution in [-0.4, -0.2) is 37.6 Å². The molecule has 1 amide bonds. The molecule has 7 heteroatoms. The summed E-state index contributed by atoms with van der Waals surface area (Å²) >= 11 is 0. The second kappa shape index (κ2) is 7.11. The van der Waals surface area contributed by atoms with E-state index in [-0.39, 0.29) is 17.9 Å². The molecule has 3 N–H and O–H groups in total. The lowest BCUT2D eigenvalue weighted by molar-refractivity contribution is 0.102. The lowest BCUT2D eigenvalue weighted by atomic mass is 9.76. The van der Waals surface area contributed by atoms with E-state index in [9.17, 15) is 9.90 Å². The number of hydrogen-bond acceptors (Lipinski definition) is 4. The Morgan fingerprint density at radius 3 is 2.89 bits per heavy atom. The zero-order valence-corrected chi connectivity index (χ0v) is 16.2. The van der Waals surface area contributed by atoms with Crippen molar-refractivity contribution < 1.29 is 9.90 Å². The standard InChI is InChI=1S/C20H29N5O2/c1-20(2)8-7-16-17(9-20)23-24-18(16)19(27)22-14-10-21-25(11-14)15-5-3-13(12-26)4-6-15/h10-11,13,15,26H,3-9,12H2,1-2H3,(H,22,27)(H,23,24)/t13-,15-. The van der Waals surface area contributed by atoms with Gasteiger partial charge in [-0.15, -0.1) is 0 Å². The van der Waals surface area contributed by atoms with Gasteiger partial charge in [0, 0.05) is 24.1 Å². The Morgan fingerprint density at radius 2 is 2.15 bits per heavy atom. The fourth-order valence-electron chi connectivity index (χ4n) is 4.42. The van der Waals surface area contributed by atoms with Crippen LogP contribution >= 0.6 is 0 Å². The van der Waals surface area contributed by atoms with Crippen molar-refractivity contribution in [1.29, 1.82) is 0 Å². The van der Waals surface area contributed by atoms with Gasteiger partial charge >= 0.3 is 0 Å². The second-order valence-corrected chi connectivity index (χ2v) is 8.89. The Kier molecular flexibility index (Phi) is 4.80. The lowest BCUT2D eigenvalue weighted by Gasteiger charge is -2.28.